The van der Waals surface area contributed by atoms with Gasteiger partial charge in [-0.25, -0.2) is 0 Å². The smallest absolute Gasteiger partial charge is 0.161 e. The van der Waals surface area contributed by atoms with Gasteiger partial charge in [0.15, 0.2) is 11.5 Å². The zero-order valence-electron chi connectivity index (χ0n) is 19.2. The molecule has 184 valence electrons. The minimum absolute atomic E-state index is 0. The number of benzene rings is 1. The molecule has 0 radical (unpaired) electrons. The molecule has 2 bridgehead atoms. The van der Waals surface area contributed by atoms with E-state index in [1.807, 2.05) is 13.2 Å². The summed E-state index contributed by atoms with van der Waals surface area (Å²) in [4.78, 5) is 4.81. The summed E-state index contributed by atoms with van der Waals surface area (Å²) < 4.78 is 17.2. The summed E-state index contributed by atoms with van der Waals surface area (Å²) >= 11 is 0. The summed E-state index contributed by atoms with van der Waals surface area (Å²) in [6.07, 6.45) is 2.36. The van der Waals surface area contributed by atoms with Crippen molar-refractivity contribution in [1.82, 2.24) is 15.1 Å². The van der Waals surface area contributed by atoms with Crippen LogP contribution in [-0.4, -0.2) is 93.8 Å². The molecule has 7 nitrogen and oxygen atoms in total. The summed E-state index contributed by atoms with van der Waals surface area (Å²) in [5, 5.41) is 13.9. The Morgan fingerprint density at radius 1 is 1.03 bits per heavy atom. The fraction of sp³-hybridized carbons (Fsp3) is 0.739. The molecule has 3 fully saturated rings. The molecule has 0 spiro atoms. The highest BCUT2D eigenvalue weighted by molar-refractivity contribution is 5.85. The normalized spacial score (nSPS) is 26.7. The van der Waals surface area contributed by atoms with E-state index in [2.05, 4.69) is 27.2 Å². The van der Waals surface area contributed by atoms with Crippen molar-refractivity contribution in [2.75, 3.05) is 66.6 Å². The first kappa shape index (κ1) is 27.4. The van der Waals surface area contributed by atoms with Gasteiger partial charge in [-0.2, -0.15) is 0 Å². The summed E-state index contributed by atoms with van der Waals surface area (Å²) in [5.41, 5.74) is 1.22. The van der Waals surface area contributed by atoms with E-state index in [1.54, 1.807) is 7.11 Å². The lowest BCUT2D eigenvalue weighted by Gasteiger charge is -2.38. The number of aliphatic hydroxyl groups is 1. The van der Waals surface area contributed by atoms with Crippen molar-refractivity contribution in [1.29, 1.82) is 0 Å². The number of ether oxygens (including phenoxy) is 3. The number of nitrogens with zero attached hydrogens (tertiary/aromatic N) is 2. The van der Waals surface area contributed by atoms with E-state index in [9.17, 15) is 5.11 Å². The summed E-state index contributed by atoms with van der Waals surface area (Å²) in [5.74, 6) is 2.63. The molecule has 1 aliphatic carbocycles. The first-order chi connectivity index (χ1) is 14.7. The number of nitrogens with one attached hydrogen (secondary N) is 1. The molecule has 2 unspecified atom stereocenters. The van der Waals surface area contributed by atoms with Crippen LogP contribution in [0.4, 0.5) is 0 Å². The van der Waals surface area contributed by atoms with Gasteiger partial charge in [-0.05, 0) is 42.4 Å². The van der Waals surface area contributed by atoms with Gasteiger partial charge in [0, 0.05) is 59.5 Å². The van der Waals surface area contributed by atoms with Crippen molar-refractivity contribution < 1.29 is 19.3 Å². The van der Waals surface area contributed by atoms with Crippen LogP contribution in [0.2, 0.25) is 0 Å². The standard InChI is InChI=1S/C23H37N3O4.2ClH/c1-28-22-11-17(12-25-9-7-24-8-10-25)3-6-21(22)30-16-20(27)15-26-13-18-4-5-19(14-26)23(18)29-2;;/h3,6,11,18-20,23-24,27H,4-5,7-10,12-16H2,1-2H3;2*1H/t18-,19+,20?,23?;;. The van der Waals surface area contributed by atoms with Crippen LogP contribution in [0.5, 0.6) is 11.5 Å². The molecule has 1 aromatic carbocycles. The van der Waals surface area contributed by atoms with Crippen molar-refractivity contribution in [3.8, 4) is 11.5 Å². The molecule has 2 aliphatic heterocycles. The van der Waals surface area contributed by atoms with Crippen LogP contribution < -0.4 is 14.8 Å². The van der Waals surface area contributed by atoms with E-state index in [1.165, 1.54) is 18.4 Å². The minimum atomic E-state index is -0.520. The first-order valence-electron chi connectivity index (χ1n) is 11.3. The molecule has 0 amide bonds. The second kappa shape index (κ2) is 13.2. The summed E-state index contributed by atoms with van der Waals surface area (Å²) in [7, 11) is 3.50. The Bertz CT molecular complexity index is 679. The number of methoxy groups -OCH3 is 2. The molecule has 4 rings (SSSR count). The van der Waals surface area contributed by atoms with Gasteiger partial charge in [0.05, 0.1) is 13.2 Å². The van der Waals surface area contributed by atoms with Crippen LogP contribution in [-0.2, 0) is 11.3 Å². The Labute approximate surface area is 204 Å². The Morgan fingerprint density at radius 2 is 1.72 bits per heavy atom. The van der Waals surface area contributed by atoms with E-state index in [0.29, 0.717) is 30.2 Å². The van der Waals surface area contributed by atoms with Crippen LogP contribution in [0.1, 0.15) is 18.4 Å². The van der Waals surface area contributed by atoms with Crippen LogP contribution >= 0.6 is 24.8 Å². The molecule has 2 N–H and O–H groups in total. The van der Waals surface area contributed by atoms with Gasteiger partial charge in [-0.3, -0.25) is 9.80 Å². The van der Waals surface area contributed by atoms with Crippen molar-refractivity contribution in [3.63, 3.8) is 0 Å². The molecule has 1 aromatic rings. The molecule has 1 saturated carbocycles. The van der Waals surface area contributed by atoms with Gasteiger partial charge in [0.25, 0.3) is 0 Å². The third-order valence-electron chi connectivity index (χ3n) is 6.84. The minimum Gasteiger partial charge on any atom is -0.493 e. The maximum Gasteiger partial charge on any atom is 0.161 e. The zero-order valence-corrected chi connectivity index (χ0v) is 20.8. The predicted molar refractivity (Wildman–Crippen MR) is 131 cm³/mol. The van der Waals surface area contributed by atoms with E-state index < -0.39 is 6.10 Å². The third kappa shape index (κ3) is 6.86. The number of aliphatic hydroxyl groups excluding tert-OH is 1. The van der Waals surface area contributed by atoms with Crippen molar-refractivity contribution >= 4 is 24.8 Å². The second-order valence-corrected chi connectivity index (χ2v) is 8.99. The predicted octanol–water partition coefficient (Wildman–Crippen LogP) is 2.04. The highest BCUT2D eigenvalue weighted by atomic mass is 35.5. The second-order valence-electron chi connectivity index (χ2n) is 8.99. The van der Waals surface area contributed by atoms with Crippen LogP contribution in [0, 0.1) is 11.8 Å². The van der Waals surface area contributed by atoms with Gasteiger partial charge < -0.3 is 24.6 Å². The quantitative estimate of drug-likeness (QED) is 0.547. The van der Waals surface area contributed by atoms with E-state index in [0.717, 1.165) is 51.6 Å². The molecule has 9 heteroatoms. The van der Waals surface area contributed by atoms with Crippen LogP contribution in [0.25, 0.3) is 0 Å². The lowest BCUT2D eigenvalue weighted by Crippen LogP contribution is -2.48. The third-order valence-corrected chi connectivity index (χ3v) is 6.84. The lowest BCUT2D eigenvalue weighted by atomic mass is 9.94. The molecular formula is C23H39Cl2N3O4. The van der Waals surface area contributed by atoms with E-state index >= 15 is 0 Å². The molecule has 0 aromatic heterocycles. The van der Waals surface area contributed by atoms with Crippen molar-refractivity contribution in [3.05, 3.63) is 23.8 Å². The zero-order chi connectivity index (χ0) is 20.9. The summed E-state index contributed by atoms with van der Waals surface area (Å²) in [6, 6.07) is 6.11. The first-order valence-corrected chi connectivity index (χ1v) is 11.3. The van der Waals surface area contributed by atoms with Gasteiger partial charge in [-0.15, -0.1) is 24.8 Å². The Kier molecular flexibility index (Phi) is 11.3. The number of halogens is 2. The Morgan fingerprint density at radius 3 is 2.34 bits per heavy atom. The average Bonchev–Trinajstić information content (AvgIpc) is 3.02. The van der Waals surface area contributed by atoms with Gasteiger partial charge in [0.2, 0.25) is 0 Å². The van der Waals surface area contributed by atoms with E-state index in [4.69, 9.17) is 14.2 Å². The van der Waals surface area contributed by atoms with Crippen LogP contribution in [0.3, 0.4) is 0 Å². The summed E-state index contributed by atoms with van der Waals surface area (Å²) in [6.45, 7) is 8.07. The average molecular weight is 492 g/mol. The number of hydrogen-bond acceptors (Lipinski definition) is 7. The number of fused-ring (bicyclic) bond motifs is 2. The SMILES string of the molecule is COc1cc(CN2CCNCC2)ccc1OCC(O)CN1C[C@H]2CC[C@@H](C1)C2OC.Cl.Cl. The van der Waals surface area contributed by atoms with E-state index in [-0.39, 0.29) is 31.4 Å². The van der Waals surface area contributed by atoms with Crippen molar-refractivity contribution in [2.45, 2.75) is 31.6 Å². The number of piperidine rings is 1. The Balaban J connectivity index is 0.00000181. The van der Waals surface area contributed by atoms with Gasteiger partial charge in [-0.1, -0.05) is 6.07 Å². The number of piperazine rings is 1. The van der Waals surface area contributed by atoms with Crippen molar-refractivity contribution in [2.24, 2.45) is 11.8 Å². The highest BCUT2D eigenvalue weighted by Gasteiger charge is 2.42. The number of β-amino-alcohol motifs (C(OH)–C–C–N with tert-alkyl or cyclic N) is 1. The largest absolute Gasteiger partial charge is 0.493 e. The topological polar surface area (TPSA) is 66.4 Å². The number of likely N-dealkylation sites (tertiary alicyclic amines) is 1. The molecule has 2 saturated heterocycles. The fourth-order valence-electron chi connectivity index (χ4n) is 5.40. The van der Waals surface area contributed by atoms with Gasteiger partial charge in [0.1, 0.15) is 12.7 Å². The monoisotopic (exact) mass is 491 g/mol. The maximum atomic E-state index is 10.6. The molecule has 3 aliphatic rings. The Hall–Kier alpha value is -0.800. The molecule has 2 heterocycles. The lowest BCUT2D eigenvalue weighted by molar-refractivity contribution is -0.0303. The number of rotatable bonds is 9. The molecule has 32 heavy (non-hydrogen) atoms. The van der Waals surface area contributed by atoms with Gasteiger partial charge >= 0.3 is 0 Å². The fourth-order valence-corrected chi connectivity index (χ4v) is 5.40. The number of hydrogen-bond donors (Lipinski definition) is 2. The molecular weight excluding hydrogens is 453 g/mol. The highest BCUT2D eigenvalue weighted by Crippen LogP contribution is 2.38. The maximum absolute atomic E-state index is 10.6. The van der Waals surface area contributed by atoms with Crippen LogP contribution in [0.15, 0.2) is 18.2 Å². The molecule has 4 atom stereocenters.